The normalized spacial score (nSPS) is 12.1. The fourth-order valence-electron chi connectivity index (χ4n) is 1.95. The third kappa shape index (κ3) is 4.27. The van der Waals surface area contributed by atoms with Crippen LogP contribution in [0.25, 0.3) is 0 Å². The minimum Gasteiger partial charge on any atom is -0.306 e. The van der Waals surface area contributed by atoms with E-state index in [2.05, 4.69) is 21.2 Å². The smallest absolute Gasteiger partial charge is 0.269 e. The van der Waals surface area contributed by atoms with E-state index < -0.39 is 0 Å². The molecule has 6 heteroatoms. The Balaban J connectivity index is 2.06. The van der Waals surface area contributed by atoms with Crippen LogP contribution in [0.4, 0.5) is 5.69 Å². The van der Waals surface area contributed by atoms with Crippen LogP contribution >= 0.6 is 27.5 Å². The van der Waals surface area contributed by atoms with Crippen molar-refractivity contribution >= 4 is 33.2 Å². The Hall–Kier alpha value is -1.43. The second-order valence-corrected chi connectivity index (χ2v) is 5.98. The lowest BCUT2D eigenvalue weighted by Crippen LogP contribution is -2.18. The molecule has 0 saturated heterocycles. The van der Waals surface area contributed by atoms with Crippen molar-refractivity contribution in [3.05, 3.63) is 73.2 Å². The van der Waals surface area contributed by atoms with Gasteiger partial charge in [0.2, 0.25) is 0 Å². The Morgan fingerprint density at radius 1 is 1.33 bits per heavy atom. The summed E-state index contributed by atoms with van der Waals surface area (Å²) in [5.74, 6) is 0. The van der Waals surface area contributed by atoms with Gasteiger partial charge in [0.1, 0.15) is 0 Å². The molecule has 1 atom stereocenters. The van der Waals surface area contributed by atoms with Crippen molar-refractivity contribution in [2.24, 2.45) is 0 Å². The monoisotopic (exact) mass is 368 g/mol. The van der Waals surface area contributed by atoms with Gasteiger partial charge in [-0.3, -0.25) is 10.1 Å². The van der Waals surface area contributed by atoms with Gasteiger partial charge in [-0.25, -0.2) is 0 Å². The lowest BCUT2D eigenvalue weighted by atomic mass is 10.1. The summed E-state index contributed by atoms with van der Waals surface area (Å²) in [5, 5.41) is 14.8. The summed E-state index contributed by atoms with van der Waals surface area (Å²) in [4.78, 5) is 10.4. The summed E-state index contributed by atoms with van der Waals surface area (Å²) in [6.07, 6.45) is 0. The van der Waals surface area contributed by atoms with Crippen LogP contribution in [0, 0.1) is 10.1 Å². The highest BCUT2D eigenvalue weighted by atomic mass is 79.9. The van der Waals surface area contributed by atoms with Gasteiger partial charge in [0, 0.05) is 34.2 Å². The molecule has 0 radical (unpaired) electrons. The largest absolute Gasteiger partial charge is 0.306 e. The van der Waals surface area contributed by atoms with Crippen molar-refractivity contribution in [2.75, 3.05) is 0 Å². The molecule has 21 heavy (non-hydrogen) atoms. The predicted octanol–water partition coefficient (Wildman–Crippen LogP) is 4.86. The Morgan fingerprint density at radius 3 is 2.76 bits per heavy atom. The van der Waals surface area contributed by atoms with Gasteiger partial charge in [0.25, 0.3) is 5.69 Å². The standard InChI is InChI=1S/C15H14BrClN2O2/c1-10(11-3-2-4-14(7-11)19(20)21)18-9-12-5-6-13(17)8-15(12)16/h2-8,10,18H,9H2,1H3. The molecule has 1 N–H and O–H groups in total. The molecule has 0 bridgehead atoms. The minimum atomic E-state index is -0.383. The van der Waals surface area contributed by atoms with Gasteiger partial charge in [-0.1, -0.05) is 45.7 Å². The molecule has 0 aromatic heterocycles. The Morgan fingerprint density at radius 2 is 2.10 bits per heavy atom. The first-order valence-corrected chi connectivity index (χ1v) is 7.56. The maximum atomic E-state index is 10.8. The van der Waals surface area contributed by atoms with Gasteiger partial charge in [0.05, 0.1) is 4.92 Å². The Labute approximate surface area is 136 Å². The second kappa shape index (κ2) is 7.02. The van der Waals surface area contributed by atoms with Crippen LogP contribution < -0.4 is 5.32 Å². The van der Waals surface area contributed by atoms with Crippen molar-refractivity contribution in [2.45, 2.75) is 19.5 Å². The number of nitro groups is 1. The molecular weight excluding hydrogens is 356 g/mol. The maximum absolute atomic E-state index is 10.8. The molecule has 0 heterocycles. The summed E-state index contributed by atoms with van der Waals surface area (Å²) in [7, 11) is 0. The quantitative estimate of drug-likeness (QED) is 0.605. The molecular formula is C15H14BrClN2O2. The summed E-state index contributed by atoms with van der Waals surface area (Å²) >= 11 is 9.38. The van der Waals surface area contributed by atoms with Crippen molar-refractivity contribution in [1.29, 1.82) is 0 Å². The lowest BCUT2D eigenvalue weighted by Gasteiger charge is -2.15. The number of nitrogens with one attached hydrogen (secondary N) is 1. The van der Waals surface area contributed by atoms with Crippen LogP contribution in [-0.2, 0) is 6.54 Å². The van der Waals surface area contributed by atoms with E-state index in [1.165, 1.54) is 6.07 Å². The molecule has 1 unspecified atom stereocenters. The summed E-state index contributed by atoms with van der Waals surface area (Å²) < 4.78 is 0.939. The van der Waals surface area contributed by atoms with Gasteiger partial charge in [-0.05, 0) is 30.2 Å². The van der Waals surface area contributed by atoms with Gasteiger partial charge in [-0.15, -0.1) is 0 Å². The first-order chi connectivity index (χ1) is 9.97. The second-order valence-electron chi connectivity index (χ2n) is 4.69. The Kier molecular flexibility index (Phi) is 5.33. The number of benzene rings is 2. The average molecular weight is 370 g/mol. The summed E-state index contributed by atoms with van der Waals surface area (Å²) in [5.41, 5.74) is 2.07. The highest BCUT2D eigenvalue weighted by Gasteiger charge is 2.11. The van der Waals surface area contributed by atoms with Crippen molar-refractivity contribution in [3.63, 3.8) is 0 Å². The van der Waals surface area contributed by atoms with E-state index in [1.54, 1.807) is 12.1 Å². The Bertz CT molecular complexity index is 664. The molecule has 0 amide bonds. The van der Waals surface area contributed by atoms with Crippen molar-refractivity contribution < 1.29 is 4.92 Å². The van der Waals surface area contributed by atoms with E-state index in [9.17, 15) is 10.1 Å². The van der Waals surface area contributed by atoms with Crippen molar-refractivity contribution in [1.82, 2.24) is 5.32 Å². The fourth-order valence-corrected chi connectivity index (χ4v) is 2.78. The third-order valence-electron chi connectivity index (χ3n) is 3.19. The molecule has 110 valence electrons. The topological polar surface area (TPSA) is 55.2 Å². The number of halogens is 2. The molecule has 0 aliphatic heterocycles. The molecule has 0 fully saturated rings. The molecule has 0 saturated carbocycles. The third-order valence-corrected chi connectivity index (χ3v) is 4.17. The molecule has 2 aromatic rings. The number of hydrogen-bond acceptors (Lipinski definition) is 3. The first-order valence-electron chi connectivity index (χ1n) is 6.39. The summed E-state index contributed by atoms with van der Waals surface area (Å²) in [6, 6.07) is 12.3. The number of non-ortho nitro benzene ring substituents is 1. The van der Waals surface area contributed by atoms with Crippen LogP contribution in [0.5, 0.6) is 0 Å². The van der Waals surface area contributed by atoms with Gasteiger partial charge in [0.15, 0.2) is 0 Å². The molecule has 0 aliphatic carbocycles. The van der Waals surface area contributed by atoms with Crippen LogP contribution in [0.2, 0.25) is 5.02 Å². The zero-order chi connectivity index (χ0) is 15.4. The zero-order valence-electron chi connectivity index (χ0n) is 11.3. The lowest BCUT2D eigenvalue weighted by molar-refractivity contribution is -0.384. The average Bonchev–Trinajstić information content (AvgIpc) is 2.46. The molecule has 2 rings (SSSR count). The van der Waals surface area contributed by atoms with Gasteiger partial charge in [-0.2, -0.15) is 0 Å². The van der Waals surface area contributed by atoms with E-state index >= 15 is 0 Å². The maximum Gasteiger partial charge on any atom is 0.269 e. The fraction of sp³-hybridized carbons (Fsp3) is 0.200. The number of nitro benzene ring substituents is 1. The SMILES string of the molecule is CC(NCc1ccc(Cl)cc1Br)c1cccc([N+](=O)[O-])c1. The molecule has 2 aromatic carbocycles. The molecule has 0 aliphatic rings. The number of rotatable bonds is 5. The van der Waals surface area contributed by atoms with E-state index in [0.717, 1.165) is 15.6 Å². The van der Waals surface area contributed by atoms with Crippen molar-refractivity contribution in [3.8, 4) is 0 Å². The summed E-state index contributed by atoms with van der Waals surface area (Å²) in [6.45, 7) is 2.62. The highest BCUT2D eigenvalue weighted by Crippen LogP contribution is 2.23. The van der Waals surface area contributed by atoms with E-state index in [0.29, 0.717) is 11.6 Å². The molecule has 4 nitrogen and oxygen atoms in total. The predicted molar refractivity (Wildman–Crippen MR) is 87.5 cm³/mol. The zero-order valence-corrected chi connectivity index (χ0v) is 13.7. The number of hydrogen-bond donors (Lipinski definition) is 1. The van der Waals surface area contributed by atoms with Gasteiger partial charge < -0.3 is 5.32 Å². The van der Waals surface area contributed by atoms with Gasteiger partial charge >= 0.3 is 0 Å². The van der Waals surface area contributed by atoms with Crippen LogP contribution in [0.15, 0.2) is 46.9 Å². The van der Waals surface area contributed by atoms with Crippen LogP contribution in [0.1, 0.15) is 24.1 Å². The van der Waals surface area contributed by atoms with Crippen LogP contribution in [-0.4, -0.2) is 4.92 Å². The van der Waals surface area contributed by atoms with Crippen LogP contribution in [0.3, 0.4) is 0 Å². The first kappa shape index (κ1) is 15.9. The van der Waals surface area contributed by atoms with E-state index in [1.807, 2.05) is 31.2 Å². The van der Waals surface area contributed by atoms with E-state index in [4.69, 9.17) is 11.6 Å². The highest BCUT2D eigenvalue weighted by molar-refractivity contribution is 9.10. The minimum absolute atomic E-state index is 0.00692. The molecule has 0 spiro atoms. The number of nitrogens with zero attached hydrogens (tertiary/aromatic N) is 1. The van der Waals surface area contributed by atoms with E-state index in [-0.39, 0.29) is 16.7 Å².